The predicted molar refractivity (Wildman–Crippen MR) is 115 cm³/mol. The first-order valence-electron chi connectivity index (χ1n) is 8.66. The van der Waals surface area contributed by atoms with Crippen molar-refractivity contribution in [2.75, 3.05) is 10.0 Å². The van der Waals surface area contributed by atoms with Crippen LogP contribution in [0.1, 0.15) is 31.9 Å². The van der Waals surface area contributed by atoms with E-state index in [1.807, 2.05) is 23.6 Å². The Bertz CT molecular complexity index is 857. The largest absolute Gasteiger partial charge is 0.377 e. The van der Waals surface area contributed by atoms with Gasteiger partial charge in [-0.2, -0.15) is 0 Å². The van der Waals surface area contributed by atoms with E-state index in [1.54, 1.807) is 12.3 Å². The molecular weight excluding hydrogens is 401 g/mol. The maximum atomic E-state index is 14.6. The minimum Gasteiger partial charge on any atom is -0.377 e. The molecule has 3 rings (SSSR count). The number of anilines is 2. The maximum absolute atomic E-state index is 14.6. The van der Waals surface area contributed by atoms with Crippen LogP contribution in [-0.4, -0.2) is 4.98 Å². The van der Waals surface area contributed by atoms with Crippen LogP contribution in [0.4, 0.5) is 15.2 Å². The van der Waals surface area contributed by atoms with Crippen molar-refractivity contribution in [3.63, 3.8) is 0 Å². The van der Waals surface area contributed by atoms with Crippen molar-refractivity contribution in [1.82, 2.24) is 4.98 Å². The molecule has 2 aromatic carbocycles. The predicted octanol–water partition coefficient (Wildman–Crippen LogP) is 7.25. The standard InChI is InChI=1S/C20H21ClFN3S2/c1-13(2)10-17(14-6-4-3-5-7-14)24-18-12-16(22)19(11-15(18)21)27-25-20-23-8-9-26-20/h3-9,11-13,17,24H,10H2,1-2H3,(H,23,25). The first-order valence-corrected chi connectivity index (χ1v) is 10.7. The molecule has 0 radical (unpaired) electrons. The molecule has 27 heavy (non-hydrogen) atoms. The van der Waals surface area contributed by atoms with Gasteiger partial charge in [0, 0.05) is 11.6 Å². The fourth-order valence-corrected chi connectivity index (χ4v) is 4.27. The molecular formula is C20H21ClFN3S2. The van der Waals surface area contributed by atoms with Crippen molar-refractivity contribution in [2.45, 2.75) is 31.2 Å². The topological polar surface area (TPSA) is 37.0 Å². The zero-order valence-corrected chi connectivity index (χ0v) is 17.5. The highest BCUT2D eigenvalue weighted by Crippen LogP contribution is 2.35. The van der Waals surface area contributed by atoms with Gasteiger partial charge < -0.3 is 10.0 Å². The van der Waals surface area contributed by atoms with Gasteiger partial charge in [-0.1, -0.05) is 55.8 Å². The molecule has 142 valence electrons. The van der Waals surface area contributed by atoms with Gasteiger partial charge in [0.15, 0.2) is 5.13 Å². The molecule has 0 aliphatic carbocycles. The van der Waals surface area contributed by atoms with Crippen LogP contribution in [0.15, 0.2) is 58.9 Å². The Morgan fingerprint density at radius 1 is 1.22 bits per heavy atom. The molecule has 0 fully saturated rings. The quantitative estimate of drug-likeness (QED) is 0.375. The Morgan fingerprint density at radius 3 is 2.67 bits per heavy atom. The average molecular weight is 422 g/mol. The molecule has 0 bridgehead atoms. The summed E-state index contributed by atoms with van der Waals surface area (Å²) in [4.78, 5) is 4.55. The third kappa shape index (κ3) is 5.61. The van der Waals surface area contributed by atoms with Crippen molar-refractivity contribution in [3.05, 3.63) is 70.4 Å². The van der Waals surface area contributed by atoms with E-state index < -0.39 is 0 Å². The molecule has 1 atom stereocenters. The van der Waals surface area contributed by atoms with Crippen LogP contribution in [0.3, 0.4) is 0 Å². The lowest BCUT2D eigenvalue weighted by molar-refractivity contribution is 0.530. The molecule has 0 amide bonds. The van der Waals surface area contributed by atoms with Gasteiger partial charge >= 0.3 is 0 Å². The van der Waals surface area contributed by atoms with Gasteiger partial charge in [-0.05, 0) is 42.0 Å². The molecule has 0 saturated heterocycles. The lowest BCUT2D eigenvalue weighted by Crippen LogP contribution is -2.14. The summed E-state index contributed by atoms with van der Waals surface area (Å²) in [5, 5.41) is 6.49. The van der Waals surface area contributed by atoms with E-state index >= 15 is 0 Å². The molecule has 7 heteroatoms. The Hall–Kier alpha value is -1.76. The van der Waals surface area contributed by atoms with Gasteiger partial charge in [0.2, 0.25) is 0 Å². The number of rotatable bonds is 8. The van der Waals surface area contributed by atoms with E-state index in [2.05, 4.69) is 41.0 Å². The summed E-state index contributed by atoms with van der Waals surface area (Å²) in [5.74, 6) is 0.163. The fourth-order valence-electron chi connectivity index (χ4n) is 2.71. The molecule has 1 aromatic heterocycles. The molecule has 0 aliphatic heterocycles. The minimum atomic E-state index is -0.327. The molecule has 0 spiro atoms. The highest BCUT2D eigenvalue weighted by atomic mass is 35.5. The Balaban J connectivity index is 1.77. The van der Waals surface area contributed by atoms with Crippen LogP contribution < -0.4 is 10.0 Å². The molecule has 3 aromatic rings. The number of thiazole rings is 1. The van der Waals surface area contributed by atoms with Crippen molar-refractivity contribution in [3.8, 4) is 0 Å². The number of halogens is 2. The van der Waals surface area contributed by atoms with Gasteiger partial charge in [0.1, 0.15) is 5.82 Å². The van der Waals surface area contributed by atoms with Crippen molar-refractivity contribution in [1.29, 1.82) is 0 Å². The number of aromatic nitrogens is 1. The zero-order valence-electron chi connectivity index (χ0n) is 15.1. The highest BCUT2D eigenvalue weighted by Gasteiger charge is 2.17. The van der Waals surface area contributed by atoms with Gasteiger partial charge in [-0.3, -0.25) is 0 Å². The van der Waals surface area contributed by atoms with Crippen molar-refractivity contribution in [2.24, 2.45) is 5.92 Å². The summed E-state index contributed by atoms with van der Waals surface area (Å²) >= 11 is 9.07. The molecule has 2 N–H and O–H groups in total. The SMILES string of the molecule is CC(C)CC(Nc1cc(F)c(SNc2nccs2)cc1Cl)c1ccccc1. The Labute approximate surface area is 172 Å². The van der Waals surface area contributed by atoms with Gasteiger partial charge in [0.05, 0.1) is 21.6 Å². The normalized spacial score (nSPS) is 12.2. The second-order valence-electron chi connectivity index (χ2n) is 6.54. The summed E-state index contributed by atoms with van der Waals surface area (Å²) in [6.07, 6.45) is 2.62. The van der Waals surface area contributed by atoms with Gasteiger partial charge in [-0.25, -0.2) is 9.37 Å². The van der Waals surface area contributed by atoms with Crippen LogP contribution in [0.5, 0.6) is 0 Å². The molecule has 1 heterocycles. The van der Waals surface area contributed by atoms with E-state index in [1.165, 1.54) is 17.4 Å². The van der Waals surface area contributed by atoms with E-state index in [-0.39, 0.29) is 11.9 Å². The van der Waals surface area contributed by atoms with Gasteiger partial charge in [0.25, 0.3) is 0 Å². The third-order valence-electron chi connectivity index (χ3n) is 3.94. The van der Waals surface area contributed by atoms with Crippen LogP contribution in [-0.2, 0) is 0 Å². The van der Waals surface area contributed by atoms with Crippen molar-refractivity contribution >= 4 is 45.7 Å². The minimum absolute atomic E-state index is 0.0649. The Morgan fingerprint density at radius 2 is 2.00 bits per heavy atom. The van der Waals surface area contributed by atoms with E-state index in [0.29, 0.717) is 21.5 Å². The lowest BCUT2D eigenvalue weighted by atomic mass is 9.97. The maximum Gasteiger partial charge on any atom is 0.192 e. The molecule has 0 saturated carbocycles. The second kappa shape index (κ2) is 9.44. The van der Waals surface area contributed by atoms with Crippen LogP contribution in [0, 0.1) is 11.7 Å². The van der Waals surface area contributed by atoms with Crippen LogP contribution in [0.2, 0.25) is 5.02 Å². The Kier molecular flexibility index (Phi) is 6.99. The third-order valence-corrected chi connectivity index (χ3v) is 5.90. The smallest absolute Gasteiger partial charge is 0.192 e. The van der Waals surface area contributed by atoms with E-state index in [4.69, 9.17) is 11.6 Å². The van der Waals surface area contributed by atoms with Crippen molar-refractivity contribution < 1.29 is 4.39 Å². The summed E-state index contributed by atoms with van der Waals surface area (Å²) in [6.45, 7) is 4.34. The first kappa shape index (κ1) is 20.0. The summed E-state index contributed by atoms with van der Waals surface area (Å²) in [5.41, 5.74) is 1.76. The summed E-state index contributed by atoms with van der Waals surface area (Å²) in [7, 11) is 0. The lowest BCUT2D eigenvalue weighted by Gasteiger charge is -2.23. The second-order valence-corrected chi connectivity index (χ2v) is 8.69. The molecule has 3 nitrogen and oxygen atoms in total. The fraction of sp³-hybridized carbons (Fsp3) is 0.250. The number of nitrogens with zero attached hydrogens (tertiary/aromatic N) is 1. The summed E-state index contributed by atoms with van der Waals surface area (Å²) in [6, 6.07) is 13.3. The number of nitrogens with one attached hydrogen (secondary N) is 2. The molecule has 0 aliphatic rings. The summed E-state index contributed by atoms with van der Waals surface area (Å²) < 4.78 is 17.6. The number of benzene rings is 2. The van der Waals surface area contributed by atoms with Crippen LogP contribution >= 0.6 is 34.9 Å². The van der Waals surface area contributed by atoms with E-state index in [0.717, 1.165) is 29.1 Å². The van der Waals surface area contributed by atoms with E-state index in [9.17, 15) is 4.39 Å². The van der Waals surface area contributed by atoms with Gasteiger partial charge in [-0.15, -0.1) is 11.3 Å². The number of hydrogen-bond donors (Lipinski definition) is 2. The van der Waals surface area contributed by atoms with Crippen LogP contribution in [0.25, 0.3) is 0 Å². The monoisotopic (exact) mass is 421 g/mol. The average Bonchev–Trinajstić information content (AvgIpc) is 3.16. The number of hydrogen-bond acceptors (Lipinski definition) is 5. The first-order chi connectivity index (χ1) is 13.0. The highest BCUT2D eigenvalue weighted by molar-refractivity contribution is 8.00. The molecule has 1 unspecified atom stereocenters. The zero-order chi connectivity index (χ0) is 19.2.